The predicted octanol–water partition coefficient (Wildman–Crippen LogP) is 0.994. The maximum absolute atomic E-state index is 12.7. The Morgan fingerprint density at radius 1 is 1.23 bits per heavy atom. The Bertz CT molecular complexity index is 742. The summed E-state index contributed by atoms with van der Waals surface area (Å²) in [6.07, 6.45) is -0.404. The molecule has 0 bridgehead atoms. The number of aliphatic hydroxyl groups excluding tert-OH is 1. The summed E-state index contributed by atoms with van der Waals surface area (Å²) in [6.45, 7) is 3.94. The Labute approximate surface area is 152 Å². The highest BCUT2D eigenvalue weighted by atomic mass is 16.5. The number of likely N-dealkylation sites (tertiary alicyclic amines) is 1. The predicted molar refractivity (Wildman–Crippen MR) is 93.2 cm³/mol. The van der Waals surface area contributed by atoms with E-state index in [9.17, 15) is 4.79 Å². The molecule has 0 radical (unpaired) electrons. The summed E-state index contributed by atoms with van der Waals surface area (Å²) in [5, 5.41) is 13.0. The molecule has 1 N–H and O–H groups in total. The minimum atomic E-state index is -0.404. The molecule has 0 saturated carbocycles. The van der Waals surface area contributed by atoms with E-state index < -0.39 is 6.10 Å². The molecule has 1 aromatic carbocycles. The summed E-state index contributed by atoms with van der Waals surface area (Å²) in [6, 6.07) is 12.0. The van der Waals surface area contributed by atoms with Crippen LogP contribution in [0.15, 0.2) is 40.9 Å². The van der Waals surface area contributed by atoms with E-state index in [4.69, 9.17) is 14.4 Å². The van der Waals surface area contributed by atoms with Crippen LogP contribution in [0.3, 0.4) is 0 Å². The first kappa shape index (κ1) is 17.2. The number of amides is 1. The molecule has 1 atom stereocenters. The first-order valence-corrected chi connectivity index (χ1v) is 8.96. The lowest BCUT2D eigenvalue weighted by Crippen LogP contribution is -2.56. The summed E-state index contributed by atoms with van der Waals surface area (Å²) in [4.78, 5) is 16.8. The van der Waals surface area contributed by atoms with E-state index in [1.165, 1.54) is 5.56 Å². The van der Waals surface area contributed by atoms with Crippen LogP contribution in [0.25, 0.3) is 0 Å². The van der Waals surface area contributed by atoms with Gasteiger partial charge in [0.15, 0.2) is 5.76 Å². The quantitative estimate of drug-likeness (QED) is 0.860. The number of ether oxygens (including phenoxy) is 1. The van der Waals surface area contributed by atoms with Gasteiger partial charge in [-0.1, -0.05) is 35.5 Å². The molecule has 2 aliphatic rings. The van der Waals surface area contributed by atoms with Gasteiger partial charge >= 0.3 is 0 Å². The molecule has 0 aliphatic carbocycles. The standard InChI is InChI=1S/C19H23N3O4/c23-13-16-8-17(20-26-16)15-10-22(11-15)19(24)18-12-21(6-7-25-18)9-14-4-2-1-3-5-14/h1-5,8,15,18,23H,6-7,9-13H2. The molecular weight excluding hydrogens is 334 g/mol. The van der Waals surface area contributed by atoms with Crippen molar-refractivity contribution >= 4 is 5.91 Å². The van der Waals surface area contributed by atoms with Crippen molar-refractivity contribution < 1.29 is 19.2 Å². The van der Waals surface area contributed by atoms with E-state index in [1.807, 2.05) is 23.1 Å². The Balaban J connectivity index is 1.29. The highest BCUT2D eigenvalue weighted by Crippen LogP contribution is 2.28. The number of rotatable bonds is 5. The van der Waals surface area contributed by atoms with Crippen molar-refractivity contribution in [1.29, 1.82) is 0 Å². The number of aromatic nitrogens is 1. The molecule has 2 aliphatic heterocycles. The molecule has 7 nitrogen and oxygen atoms in total. The third-order valence-electron chi connectivity index (χ3n) is 5.02. The molecule has 138 valence electrons. The van der Waals surface area contributed by atoms with E-state index in [2.05, 4.69) is 22.2 Å². The molecule has 2 aromatic rings. The average molecular weight is 357 g/mol. The second-order valence-corrected chi connectivity index (χ2v) is 6.90. The number of hydrogen-bond acceptors (Lipinski definition) is 6. The van der Waals surface area contributed by atoms with Crippen LogP contribution in [0.2, 0.25) is 0 Å². The Morgan fingerprint density at radius 2 is 2.04 bits per heavy atom. The van der Waals surface area contributed by atoms with Crippen LogP contribution in [0.5, 0.6) is 0 Å². The van der Waals surface area contributed by atoms with Gasteiger partial charge in [-0.2, -0.15) is 0 Å². The number of morpholine rings is 1. The van der Waals surface area contributed by atoms with Crippen LogP contribution in [0.4, 0.5) is 0 Å². The fraction of sp³-hybridized carbons (Fsp3) is 0.474. The van der Waals surface area contributed by atoms with Gasteiger partial charge in [-0.05, 0) is 5.56 Å². The first-order chi connectivity index (χ1) is 12.7. The topological polar surface area (TPSA) is 79.0 Å². The fourth-order valence-corrected chi connectivity index (χ4v) is 3.48. The van der Waals surface area contributed by atoms with Crippen molar-refractivity contribution in [1.82, 2.24) is 15.0 Å². The third kappa shape index (κ3) is 3.65. The lowest BCUT2D eigenvalue weighted by molar-refractivity contribution is -0.154. The maximum Gasteiger partial charge on any atom is 0.253 e. The van der Waals surface area contributed by atoms with Gasteiger partial charge in [0.2, 0.25) is 0 Å². The number of aliphatic hydroxyl groups is 1. The molecule has 4 rings (SSSR count). The average Bonchev–Trinajstić information content (AvgIpc) is 3.10. The van der Waals surface area contributed by atoms with Crippen molar-refractivity contribution in [3.8, 4) is 0 Å². The molecule has 2 saturated heterocycles. The second-order valence-electron chi connectivity index (χ2n) is 6.90. The molecule has 1 amide bonds. The van der Waals surface area contributed by atoms with E-state index in [1.54, 1.807) is 6.07 Å². The van der Waals surface area contributed by atoms with E-state index in [0.29, 0.717) is 32.0 Å². The van der Waals surface area contributed by atoms with Crippen LogP contribution in [-0.4, -0.2) is 64.9 Å². The Morgan fingerprint density at radius 3 is 2.77 bits per heavy atom. The molecule has 26 heavy (non-hydrogen) atoms. The summed E-state index contributed by atoms with van der Waals surface area (Å²) in [5.41, 5.74) is 2.05. The van der Waals surface area contributed by atoms with Crippen LogP contribution in [0.1, 0.15) is 22.9 Å². The minimum Gasteiger partial charge on any atom is -0.388 e. The molecular formula is C19H23N3O4. The zero-order chi connectivity index (χ0) is 17.9. The van der Waals surface area contributed by atoms with E-state index in [0.717, 1.165) is 18.8 Å². The van der Waals surface area contributed by atoms with Crippen molar-refractivity contribution in [2.24, 2.45) is 0 Å². The zero-order valence-electron chi connectivity index (χ0n) is 14.6. The van der Waals surface area contributed by atoms with E-state index >= 15 is 0 Å². The van der Waals surface area contributed by atoms with Gasteiger partial charge in [-0.25, -0.2) is 0 Å². The molecule has 7 heteroatoms. The van der Waals surface area contributed by atoms with Gasteiger partial charge in [0, 0.05) is 44.7 Å². The molecule has 3 heterocycles. The Kier molecular flexibility index (Phi) is 5.01. The van der Waals surface area contributed by atoms with Gasteiger partial charge in [0.05, 0.1) is 12.3 Å². The monoisotopic (exact) mass is 357 g/mol. The van der Waals surface area contributed by atoms with Gasteiger partial charge in [0.1, 0.15) is 12.7 Å². The molecule has 1 unspecified atom stereocenters. The van der Waals surface area contributed by atoms with Crippen molar-refractivity contribution in [3.63, 3.8) is 0 Å². The van der Waals surface area contributed by atoms with Gasteiger partial charge in [0.25, 0.3) is 5.91 Å². The zero-order valence-corrected chi connectivity index (χ0v) is 14.6. The van der Waals surface area contributed by atoms with Crippen LogP contribution < -0.4 is 0 Å². The van der Waals surface area contributed by atoms with Crippen molar-refractivity contribution in [3.05, 3.63) is 53.4 Å². The van der Waals surface area contributed by atoms with Gasteiger partial charge in [-0.15, -0.1) is 0 Å². The van der Waals surface area contributed by atoms with Gasteiger partial charge in [-0.3, -0.25) is 9.69 Å². The van der Waals surface area contributed by atoms with Crippen LogP contribution in [-0.2, 0) is 22.7 Å². The molecule has 0 spiro atoms. The number of nitrogens with zero attached hydrogens (tertiary/aromatic N) is 3. The van der Waals surface area contributed by atoms with Crippen molar-refractivity contribution in [2.75, 3.05) is 32.8 Å². The lowest BCUT2D eigenvalue weighted by Gasteiger charge is -2.42. The maximum atomic E-state index is 12.7. The normalized spacial score (nSPS) is 21.6. The summed E-state index contributed by atoms with van der Waals surface area (Å²) in [5.74, 6) is 0.675. The molecule has 1 aromatic heterocycles. The largest absolute Gasteiger partial charge is 0.388 e. The number of hydrogen-bond donors (Lipinski definition) is 1. The highest BCUT2D eigenvalue weighted by Gasteiger charge is 2.38. The summed E-state index contributed by atoms with van der Waals surface area (Å²) >= 11 is 0. The van der Waals surface area contributed by atoms with Crippen LogP contribution >= 0.6 is 0 Å². The van der Waals surface area contributed by atoms with Gasteiger partial charge < -0.3 is 19.3 Å². The summed E-state index contributed by atoms with van der Waals surface area (Å²) in [7, 11) is 0. The third-order valence-corrected chi connectivity index (χ3v) is 5.02. The molecule has 2 fully saturated rings. The van der Waals surface area contributed by atoms with E-state index in [-0.39, 0.29) is 18.4 Å². The second kappa shape index (κ2) is 7.57. The highest BCUT2D eigenvalue weighted by molar-refractivity contribution is 5.82. The lowest BCUT2D eigenvalue weighted by atomic mass is 9.95. The Hall–Kier alpha value is -2.22. The SMILES string of the molecule is O=C(C1CN(Cc2ccccc2)CCO1)N1CC(c2cc(CO)on2)C1. The summed E-state index contributed by atoms with van der Waals surface area (Å²) < 4.78 is 10.7. The number of carbonyl (C=O) groups is 1. The smallest absolute Gasteiger partial charge is 0.253 e. The number of benzene rings is 1. The van der Waals surface area contributed by atoms with Crippen molar-refractivity contribution in [2.45, 2.75) is 25.2 Å². The van der Waals surface area contributed by atoms with Crippen LogP contribution in [0, 0.1) is 0 Å². The number of carbonyl (C=O) groups excluding carboxylic acids is 1. The fourth-order valence-electron chi connectivity index (χ4n) is 3.48. The minimum absolute atomic E-state index is 0.0462. The first-order valence-electron chi connectivity index (χ1n) is 8.96.